The van der Waals surface area contributed by atoms with E-state index >= 15 is 0 Å². The highest BCUT2D eigenvalue weighted by Gasteiger charge is 2.15. The molecule has 1 aliphatic rings. The second-order valence-corrected chi connectivity index (χ2v) is 12.2. The number of nitrogens with zero attached hydrogens (tertiary/aromatic N) is 4. The van der Waals surface area contributed by atoms with Gasteiger partial charge in [0, 0.05) is 60.7 Å². The lowest BCUT2D eigenvalue weighted by atomic mass is 9.87. The summed E-state index contributed by atoms with van der Waals surface area (Å²) in [5.74, 6) is 0.524. The standard InChI is InChI=1S/C35H39N7O/c1-35(2,3)28-12-10-26(11-13-28)34(43)39-30-7-4-6-27(22-30)31-24-42-21-18-37-33(42)32(40-31)38-29-14-8-25(9-15-29)23-41-19-5-16-36-17-20-41/h4,6-15,18,21-22,24,36H,5,16-17,19-20,23H2,1-3H3,(H,38,40)(H,39,43). The van der Waals surface area contributed by atoms with Crippen LogP contribution in [0.5, 0.6) is 0 Å². The largest absolute Gasteiger partial charge is 0.337 e. The minimum Gasteiger partial charge on any atom is -0.337 e. The first-order valence-corrected chi connectivity index (χ1v) is 15.0. The Balaban J connectivity index is 1.19. The summed E-state index contributed by atoms with van der Waals surface area (Å²) in [5, 5.41) is 9.99. The molecule has 43 heavy (non-hydrogen) atoms. The number of carbonyl (C=O) groups excluding carboxylic acids is 1. The molecule has 0 spiro atoms. The quantitative estimate of drug-likeness (QED) is 0.207. The fourth-order valence-corrected chi connectivity index (χ4v) is 5.38. The van der Waals surface area contributed by atoms with Gasteiger partial charge in [0.15, 0.2) is 11.5 Å². The second kappa shape index (κ2) is 12.4. The maximum absolute atomic E-state index is 13.0. The van der Waals surface area contributed by atoms with Crippen LogP contribution in [-0.2, 0) is 12.0 Å². The van der Waals surface area contributed by atoms with Crippen LogP contribution in [0.4, 0.5) is 17.2 Å². The molecule has 2 aromatic heterocycles. The molecule has 0 aliphatic carbocycles. The van der Waals surface area contributed by atoms with Gasteiger partial charge in [-0.15, -0.1) is 0 Å². The molecular weight excluding hydrogens is 534 g/mol. The topological polar surface area (TPSA) is 86.6 Å². The van der Waals surface area contributed by atoms with Crippen LogP contribution in [0.25, 0.3) is 16.9 Å². The molecule has 6 rings (SSSR count). The Bertz CT molecular complexity index is 1690. The number of amides is 1. The molecule has 0 atom stereocenters. The third-order valence-electron chi connectivity index (χ3n) is 7.86. The van der Waals surface area contributed by atoms with E-state index in [9.17, 15) is 4.79 Å². The van der Waals surface area contributed by atoms with Crippen molar-refractivity contribution in [2.24, 2.45) is 0 Å². The van der Waals surface area contributed by atoms with E-state index in [2.05, 4.69) is 70.9 Å². The molecule has 0 saturated carbocycles. The summed E-state index contributed by atoms with van der Waals surface area (Å²) < 4.78 is 1.97. The first-order chi connectivity index (χ1) is 20.8. The van der Waals surface area contributed by atoms with Crippen molar-refractivity contribution in [2.45, 2.75) is 39.2 Å². The van der Waals surface area contributed by atoms with E-state index in [1.54, 1.807) is 6.20 Å². The van der Waals surface area contributed by atoms with Crippen LogP contribution < -0.4 is 16.0 Å². The van der Waals surface area contributed by atoms with E-state index in [-0.39, 0.29) is 11.3 Å². The monoisotopic (exact) mass is 573 g/mol. The van der Waals surface area contributed by atoms with E-state index < -0.39 is 0 Å². The normalized spacial score (nSPS) is 14.4. The van der Waals surface area contributed by atoms with Crippen molar-refractivity contribution in [3.63, 3.8) is 0 Å². The zero-order valence-corrected chi connectivity index (χ0v) is 25.1. The summed E-state index contributed by atoms with van der Waals surface area (Å²) in [7, 11) is 0. The Morgan fingerprint density at radius 2 is 1.77 bits per heavy atom. The molecular formula is C35H39N7O. The van der Waals surface area contributed by atoms with Gasteiger partial charge in [0.05, 0.1) is 5.69 Å². The lowest BCUT2D eigenvalue weighted by molar-refractivity contribution is 0.102. The second-order valence-electron chi connectivity index (χ2n) is 12.2. The van der Waals surface area contributed by atoms with Crippen LogP contribution in [0.15, 0.2) is 91.4 Å². The lowest BCUT2D eigenvalue weighted by Gasteiger charge is -2.19. The minimum atomic E-state index is -0.144. The molecule has 0 bridgehead atoms. The van der Waals surface area contributed by atoms with Gasteiger partial charge in [0.2, 0.25) is 0 Å². The molecule has 3 N–H and O–H groups in total. The van der Waals surface area contributed by atoms with Crippen molar-refractivity contribution in [1.82, 2.24) is 24.6 Å². The number of imidazole rings is 1. The number of hydrogen-bond donors (Lipinski definition) is 3. The summed E-state index contributed by atoms with van der Waals surface area (Å²) in [6.45, 7) is 11.8. The maximum Gasteiger partial charge on any atom is 0.255 e. The third-order valence-corrected chi connectivity index (χ3v) is 7.86. The first kappa shape index (κ1) is 28.6. The van der Waals surface area contributed by atoms with Crippen LogP contribution in [-0.4, -0.2) is 51.4 Å². The lowest BCUT2D eigenvalue weighted by Crippen LogP contribution is -2.27. The van der Waals surface area contributed by atoms with Crippen molar-refractivity contribution >= 4 is 28.7 Å². The van der Waals surface area contributed by atoms with Crippen molar-refractivity contribution in [3.8, 4) is 11.3 Å². The van der Waals surface area contributed by atoms with Crippen LogP contribution >= 0.6 is 0 Å². The minimum absolute atomic E-state index is 0.0360. The number of aromatic nitrogens is 3. The number of benzene rings is 3. The van der Waals surface area contributed by atoms with E-state index in [4.69, 9.17) is 4.98 Å². The zero-order chi connectivity index (χ0) is 29.8. The molecule has 0 unspecified atom stereocenters. The van der Waals surface area contributed by atoms with Gasteiger partial charge in [-0.1, -0.05) is 57.2 Å². The smallest absolute Gasteiger partial charge is 0.255 e. The fraction of sp³-hybridized carbons (Fsp3) is 0.286. The predicted octanol–water partition coefficient (Wildman–Crippen LogP) is 6.49. The van der Waals surface area contributed by atoms with E-state index in [1.165, 1.54) is 17.5 Å². The highest BCUT2D eigenvalue weighted by atomic mass is 16.1. The summed E-state index contributed by atoms with van der Waals surface area (Å²) in [4.78, 5) is 25.0. The highest BCUT2D eigenvalue weighted by Crippen LogP contribution is 2.27. The Morgan fingerprint density at radius 1 is 0.953 bits per heavy atom. The zero-order valence-electron chi connectivity index (χ0n) is 25.1. The molecule has 0 radical (unpaired) electrons. The van der Waals surface area contributed by atoms with E-state index in [0.29, 0.717) is 17.1 Å². The average molecular weight is 574 g/mol. The van der Waals surface area contributed by atoms with Gasteiger partial charge in [-0.3, -0.25) is 9.69 Å². The predicted molar refractivity (Wildman–Crippen MR) is 174 cm³/mol. The van der Waals surface area contributed by atoms with Crippen LogP contribution in [0, 0.1) is 0 Å². The number of nitrogens with one attached hydrogen (secondary N) is 3. The molecule has 3 heterocycles. The third kappa shape index (κ3) is 6.93. The number of hydrogen-bond acceptors (Lipinski definition) is 6. The van der Waals surface area contributed by atoms with Gasteiger partial charge in [-0.05, 0) is 72.5 Å². The van der Waals surface area contributed by atoms with Gasteiger partial charge in [-0.2, -0.15) is 0 Å². The molecule has 1 fully saturated rings. The first-order valence-electron chi connectivity index (χ1n) is 15.0. The van der Waals surface area contributed by atoms with Crippen molar-refractivity contribution in [2.75, 3.05) is 36.8 Å². The molecule has 220 valence electrons. The van der Waals surface area contributed by atoms with Gasteiger partial charge in [0.25, 0.3) is 5.91 Å². The number of fused-ring (bicyclic) bond motifs is 1. The van der Waals surface area contributed by atoms with Crippen LogP contribution in [0.1, 0.15) is 48.7 Å². The molecule has 8 heteroatoms. The Labute approximate surface area is 253 Å². The SMILES string of the molecule is CC(C)(C)c1ccc(C(=O)Nc2cccc(-c3cn4ccnc4c(Nc4ccc(CN5CCCNCC5)cc4)n3)c2)cc1. The van der Waals surface area contributed by atoms with Crippen molar-refractivity contribution < 1.29 is 4.79 Å². The molecule has 3 aromatic carbocycles. The Kier molecular flexibility index (Phi) is 8.22. The molecule has 1 amide bonds. The van der Waals surface area contributed by atoms with Gasteiger partial charge >= 0.3 is 0 Å². The molecule has 1 saturated heterocycles. The number of anilines is 3. The Morgan fingerprint density at radius 3 is 2.56 bits per heavy atom. The van der Waals surface area contributed by atoms with Gasteiger partial charge in [0.1, 0.15) is 0 Å². The summed E-state index contributed by atoms with van der Waals surface area (Å²) in [6, 6.07) is 24.1. The number of rotatable bonds is 7. The van der Waals surface area contributed by atoms with Crippen molar-refractivity contribution in [3.05, 3.63) is 108 Å². The van der Waals surface area contributed by atoms with Gasteiger partial charge < -0.3 is 20.4 Å². The molecule has 5 aromatic rings. The Hall–Kier alpha value is -4.53. The van der Waals surface area contributed by atoms with Crippen molar-refractivity contribution in [1.29, 1.82) is 0 Å². The summed E-state index contributed by atoms with van der Waals surface area (Å²) in [6.07, 6.45) is 6.83. The van der Waals surface area contributed by atoms with E-state index in [1.807, 2.05) is 65.3 Å². The maximum atomic E-state index is 13.0. The van der Waals surface area contributed by atoms with Gasteiger partial charge in [-0.25, -0.2) is 9.97 Å². The molecule has 1 aliphatic heterocycles. The van der Waals surface area contributed by atoms with Crippen LogP contribution in [0.3, 0.4) is 0 Å². The molecule has 8 nitrogen and oxygen atoms in total. The number of carbonyl (C=O) groups is 1. The fourth-order valence-electron chi connectivity index (χ4n) is 5.38. The van der Waals surface area contributed by atoms with Crippen LogP contribution in [0.2, 0.25) is 0 Å². The highest BCUT2D eigenvalue weighted by molar-refractivity contribution is 6.04. The summed E-state index contributed by atoms with van der Waals surface area (Å²) in [5.41, 5.74) is 7.21. The van der Waals surface area contributed by atoms with E-state index in [0.717, 1.165) is 55.3 Å². The average Bonchev–Trinajstić information content (AvgIpc) is 3.34. The summed E-state index contributed by atoms with van der Waals surface area (Å²) >= 11 is 0.